The summed E-state index contributed by atoms with van der Waals surface area (Å²) in [7, 11) is 7.17. The summed E-state index contributed by atoms with van der Waals surface area (Å²) in [6, 6.07) is 0.382. The van der Waals surface area contributed by atoms with Gasteiger partial charge in [-0.2, -0.15) is 0 Å². The Labute approximate surface area is 98.0 Å². The molecule has 0 radical (unpaired) electrons. The van der Waals surface area contributed by atoms with Crippen molar-refractivity contribution in [1.29, 1.82) is 0 Å². The van der Waals surface area contributed by atoms with Crippen molar-refractivity contribution in [2.24, 2.45) is 0 Å². The molecule has 5 nitrogen and oxygen atoms in total. The fourth-order valence-corrected chi connectivity index (χ4v) is 2.24. The molecule has 1 rings (SSSR count). The third-order valence-corrected chi connectivity index (χ3v) is 3.16. The van der Waals surface area contributed by atoms with Crippen LogP contribution in [0, 0.1) is 0 Å². The van der Waals surface area contributed by atoms with Gasteiger partial charge in [0.1, 0.15) is 0 Å². The van der Waals surface area contributed by atoms with Gasteiger partial charge in [0, 0.05) is 47.0 Å². The molecule has 0 bridgehead atoms. The third-order valence-electron chi connectivity index (χ3n) is 3.16. The molecule has 16 heavy (non-hydrogen) atoms. The van der Waals surface area contributed by atoms with E-state index < -0.39 is 0 Å². The van der Waals surface area contributed by atoms with Gasteiger partial charge in [-0.3, -0.25) is 4.90 Å². The molecule has 3 unspecified atom stereocenters. The number of rotatable bonds is 7. The zero-order chi connectivity index (χ0) is 12.0. The van der Waals surface area contributed by atoms with Crippen LogP contribution in [0.15, 0.2) is 0 Å². The zero-order valence-electron chi connectivity index (χ0n) is 10.7. The molecule has 0 spiro atoms. The van der Waals surface area contributed by atoms with Crippen molar-refractivity contribution in [1.82, 2.24) is 10.2 Å². The molecule has 1 fully saturated rings. The Balaban J connectivity index is 2.52. The normalized spacial score (nSPS) is 28.5. The summed E-state index contributed by atoms with van der Waals surface area (Å²) in [5, 5.41) is 3.19. The molecule has 0 aromatic rings. The molecule has 0 amide bonds. The van der Waals surface area contributed by atoms with Gasteiger partial charge in [-0.25, -0.2) is 0 Å². The summed E-state index contributed by atoms with van der Waals surface area (Å²) < 4.78 is 16.1. The average Bonchev–Trinajstić information content (AvgIpc) is 2.71. The van der Waals surface area contributed by atoms with Crippen LogP contribution in [-0.2, 0) is 14.2 Å². The lowest BCUT2D eigenvalue weighted by molar-refractivity contribution is -0.00461. The second-order valence-electron chi connectivity index (χ2n) is 4.17. The first kappa shape index (κ1) is 13.9. The number of likely N-dealkylation sites (tertiary alicyclic amines) is 1. The van der Waals surface area contributed by atoms with E-state index in [0.29, 0.717) is 6.04 Å². The molecule has 0 aromatic heterocycles. The van der Waals surface area contributed by atoms with Crippen molar-refractivity contribution in [3.8, 4) is 0 Å². The van der Waals surface area contributed by atoms with E-state index >= 15 is 0 Å². The Morgan fingerprint density at radius 1 is 1.19 bits per heavy atom. The Bertz CT molecular complexity index is 174. The Morgan fingerprint density at radius 2 is 1.75 bits per heavy atom. The SMILES string of the molecule is CNCC(COC)N1CC(OC)C(OC)C1. The van der Waals surface area contributed by atoms with Crippen molar-refractivity contribution in [3.63, 3.8) is 0 Å². The van der Waals surface area contributed by atoms with Gasteiger partial charge in [-0.1, -0.05) is 0 Å². The molecule has 0 saturated carbocycles. The second-order valence-corrected chi connectivity index (χ2v) is 4.17. The predicted octanol–water partition coefficient (Wildman–Crippen LogP) is -0.434. The molecule has 3 atom stereocenters. The molecule has 5 heteroatoms. The number of nitrogens with zero attached hydrogens (tertiary/aromatic N) is 1. The maximum Gasteiger partial charge on any atom is 0.0971 e. The van der Waals surface area contributed by atoms with Crippen LogP contribution < -0.4 is 5.32 Å². The minimum absolute atomic E-state index is 0.168. The van der Waals surface area contributed by atoms with Crippen LogP contribution in [0.3, 0.4) is 0 Å². The van der Waals surface area contributed by atoms with Gasteiger partial charge in [-0.15, -0.1) is 0 Å². The van der Waals surface area contributed by atoms with Gasteiger partial charge in [0.15, 0.2) is 0 Å². The molecule has 1 saturated heterocycles. The van der Waals surface area contributed by atoms with Crippen molar-refractivity contribution in [3.05, 3.63) is 0 Å². The van der Waals surface area contributed by atoms with Gasteiger partial charge in [0.2, 0.25) is 0 Å². The van der Waals surface area contributed by atoms with Crippen LogP contribution in [0.1, 0.15) is 0 Å². The van der Waals surface area contributed by atoms with Gasteiger partial charge in [0.25, 0.3) is 0 Å². The third kappa shape index (κ3) is 3.40. The maximum absolute atomic E-state index is 5.42. The molecule has 1 N–H and O–H groups in total. The monoisotopic (exact) mass is 232 g/mol. The van der Waals surface area contributed by atoms with Gasteiger partial charge in [-0.05, 0) is 7.05 Å². The second kappa shape index (κ2) is 7.19. The van der Waals surface area contributed by atoms with Crippen LogP contribution in [0.25, 0.3) is 0 Å². The number of hydrogen-bond acceptors (Lipinski definition) is 5. The number of hydrogen-bond donors (Lipinski definition) is 1. The van der Waals surface area contributed by atoms with E-state index in [4.69, 9.17) is 14.2 Å². The van der Waals surface area contributed by atoms with Crippen LogP contribution >= 0.6 is 0 Å². The summed E-state index contributed by atoms with van der Waals surface area (Å²) in [6.07, 6.45) is 0.336. The average molecular weight is 232 g/mol. The van der Waals surface area contributed by atoms with Gasteiger partial charge < -0.3 is 19.5 Å². The number of methoxy groups -OCH3 is 3. The van der Waals surface area contributed by atoms with E-state index in [2.05, 4.69) is 10.2 Å². The lowest BCUT2D eigenvalue weighted by Crippen LogP contribution is -2.44. The first-order chi connectivity index (χ1) is 7.76. The van der Waals surface area contributed by atoms with Gasteiger partial charge >= 0.3 is 0 Å². The highest BCUT2D eigenvalue weighted by Crippen LogP contribution is 2.18. The van der Waals surface area contributed by atoms with Crippen LogP contribution in [0.2, 0.25) is 0 Å². The quantitative estimate of drug-likeness (QED) is 0.645. The Morgan fingerprint density at radius 3 is 2.12 bits per heavy atom. The van der Waals surface area contributed by atoms with E-state index in [1.807, 2.05) is 7.05 Å². The van der Waals surface area contributed by atoms with Crippen molar-refractivity contribution in [2.75, 3.05) is 54.6 Å². The summed E-state index contributed by atoms with van der Waals surface area (Å²) in [5.41, 5.74) is 0. The minimum atomic E-state index is 0.168. The Hall–Kier alpha value is -0.200. The summed E-state index contributed by atoms with van der Waals surface area (Å²) in [6.45, 7) is 3.46. The maximum atomic E-state index is 5.42. The fraction of sp³-hybridized carbons (Fsp3) is 1.00. The standard InChI is InChI=1S/C11H24N2O3/c1-12-5-9(8-14-2)13-6-10(15-3)11(7-13)16-4/h9-12H,5-8H2,1-4H3. The summed E-state index contributed by atoms with van der Waals surface area (Å²) >= 11 is 0. The first-order valence-corrected chi connectivity index (χ1v) is 5.70. The largest absolute Gasteiger partial charge is 0.383 e. The Kier molecular flexibility index (Phi) is 6.23. The highest BCUT2D eigenvalue weighted by atomic mass is 16.5. The number of nitrogens with one attached hydrogen (secondary N) is 1. The van der Waals surface area contributed by atoms with Crippen LogP contribution in [-0.4, -0.2) is 77.8 Å². The molecule has 1 heterocycles. The molecule has 96 valence electrons. The molecule has 1 aliphatic rings. The highest BCUT2D eigenvalue weighted by Gasteiger charge is 2.36. The van der Waals surface area contributed by atoms with Crippen molar-refractivity contribution in [2.45, 2.75) is 18.2 Å². The van der Waals surface area contributed by atoms with Crippen LogP contribution in [0.4, 0.5) is 0 Å². The highest BCUT2D eigenvalue weighted by molar-refractivity contribution is 4.89. The summed E-state index contributed by atoms with van der Waals surface area (Å²) in [5.74, 6) is 0. The van der Waals surface area contributed by atoms with Gasteiger partial charge in [0.05, 0.1) is 18.8 Å². The molecule has 0 aliphatic carbocycles. The molecule has 1 aliphatic heterocycles. The topological polar surface area (TPSA) is 43.0 Å². The van der Waals surface area contributed by atoms with E-state index in [9.17, 15) is 0 Å². The lowest BCUT2D eigenvalue weighted by Gasteiger charge is -2.26. The van der Waals surface area contributed by atoms with Crippen LogP contribution in [0.5, 0.6) is 0 Å². The van der Waals surface area contributed by atoms with E-state index in [1.165, 1.54) is 0 Å². The zero-order valence-corrected chi connectivity index (χ0v) is 10.7. The molecular weight excluding hydrogens is 208 g/mol. The van der Waals surface area contributed by atoms with Crippen molar-refractivity contribution < 1.29 is 14.2 Å². The number of likely N-dealkylation sites (N-methyl/N-ethyl adjacent to an activating group) is 1. The minimum Gasteiger partial charge on any atom is -0.383 e. The van der Waals surface area contributed by atoms with E-state index in [-0.39, 0.29) is 12.2 Å². The first-order valence-electron chi connectivity index (χ1n) is 5.70. The van der Waals surface area contributed by atoms with Crippen molar-refractivity contribution >= 4 is 0 Å². The molecular formula is C11H24N2O3. The van der Waals surface area contributed by atoms with E-state index in [1.54, 1.807) is 21.3 Å². The van der Waals surface area contributed by atoms with E-state index in [0.717, 1.165) is 26.2 Å². The number of ether oxygens (including phenoxy) is 3. The lowest BCUT2D eigenvalue weighted by atomic mass is 10.2. The molecule has 0 aromatic carbocycles. The summed E-state index contributed by atoms with van der Waals surface area (Å²) in [4.78, 5) is 2.36. The smallest absolute Gasteiger partial charge is 0.0971 e. The fourth-order valence-electron chi connectivity index (χ4n) is 2.24. The predicted molar refractivity (Wildman–Crippen MR) is 62.8 cm³/mol.